The number of hydrogen-bond acceptors (Lipinski definition) is 8. The Morgan fingerprint density at radius 2 is 1.30 bits per heavy atom. The smallest absolute Gasteiger partial charge is 0.302 e. The summed E-state index contributed by atoms with van der Waals surface area (Å²) in [6.45, 7) is 1.36. The number of ether oxygens (including phenoxy) is 1. The second-order valence-corrected chi connectivity index (χ2v) is 12.9. The van der Waals surface area contributed by atoms with Gasteiger partial charge in [-0.1, -0.05) is 87.8 Å². The molecule has 44 heavy (non-hydrogen) atoms. The number of aliphatic hydroxyl groups is 5. The largest absolute Gasteiger partial charge is 0.462 e. The van der Waals surface area contributed by atoms with Crippen molar-refractivity contribution in [2.45, 2.75) is 159 Å². The summed E-state index contributed by atoms with van der Waals surface area (Å²) < 4.78 is 5.43. The predicted octanol–water partition coefficient (Wildman–Crippen LogP) is 5.35. The summed E-state index contributed by atoms with van der Waals surface area (Å²) in [7, 11) is 0. The van der Waals surface area contributed by atoms with Gasteiger partial charge < -0.3 is 30.3 Å². The van der Waals surface area contributed by atoms with Gasteiger partial charge in [-0.25, -0.2) is 0 Å². The molecule has 7 unspecified atom stereocenters. The summed E-state index contributed by atoms with van der Waals surface area (Å²) >= 11 is 0. The van der Waals surface area contributed by atoms with Crippen molar-refractivity contribution in [3.05, 3.63) is 48.0 Å². The quantitative estimate of drug-likeness (QED) is 0.0770. The van der Waals surface area contributed by atoms with Crippen molar-refractivity contribution in [1.29, 1.82) is 0 Å². The molecule has 1 aliphatic rings. The molecule has 1 aromatic rings. The lowest BCUT2D eigenvalue weighted by atomic mass is 9.85. The third-order valence-electron chi connectivity index (χ3n) is 8.58. The predicted molar refractivity (Wildman–Crippen MR) is 172 cm³/mol. The zero-order chi connectivity index (χ0) is 32.2. The summed E-state index contributed by atoms with van der Waals surface area (Å²) in [5.74, 6) is -0.891. The van der Waals surface area contributed by atoms with Gasteiger partial charge in [0.15, 0.2) is 5.78 Å². The molecule has 0 fully saturated rings. The molecule has 0 aliphatic heterocycles. The number of allylic oxidation sites excluding steroid dienone is 1. The van der Waals surface area contributed by atoms with Gasteiger partial charge in [-0.05, 0) is 68.9 Å². The summed E-state index contributed by atoms with van der Waals surface area (Å²) in [6.07, 6.45) is 12.0. The van der Waals surface area contributed by atoms with E-state index in [1.165, 1.54) is 69.6 Å². The third kappa shape index (κ3) is 18.0. The van der Waals surface area contributed by atoms with Gasteiger partial charge >= 0.3 is 5.97 Å². The van der Waals surface area contributed by atoms with Gasteiger partial charge in [0.05, 0.1) is 30.5 Å². The highest BCUT2D eigenvalue weighted by Crippen LogP contribution is 2.24. The molecule has 8 heteroatoms. The molecule has 0 saturated carbocycles. The first-order valence-corrected chi connectivity index (χ1v) is 16.9. The topological polar surface area (TPSA) is 145 Å². The number of unbranched alkanes of at least 4 members (excludes halogenated alkanes) is 9. The number of rotatable bonds is 24. The molecule has 8 nitrogen and oxygen atoms in total. The second-order valence-electron chi connectivity index (χ2n) is 12.9. The van der Waals surface area contributed by atoms with Gasteiger partial charge in [0.1, 0.15) is 6.10 Å². The molecular formula is C36H58O8. The monoisotopic (exact) mass is 618 g/mol. The highest BCUT2D eigenvalue weighted by molar-refractivity contribution is 5.90. The number of carbonyl (C=O) groups is 2. The Kier molecular flexibility index (Phi) is 19.4. The Hall–Kier alpha value is -2.10. The van der Waals surface area contributed by atoms with E-state index in [1.807, 2.05) is 0 Å². The molecule has 0 heterocycles. The van der Waals surface area contributed by atoms with E-state index in [0.29, 0.717) is 6.42 Å². The molecule has 0 spiro atoms. The van der Waals surface area contributed by atoms with Gasteiger partial charge in [0.2, 0.25) is 0 Å². The first kappa shape index (κ1) is 38.1. The average Bonchev–Trinajstić information content (AvgIpc) is 2.95. The van der Waals surface area contributed by atoms with Crippen LogP contribution in [0.1, 0.15) is 122 Å². The van der Waals surface area contributed by atoms with Crippen LogP contribution < -0.4 is 0 Å². The molecule has 5 N–H and O–H groups in total. The maximum absolute atomic E-state index is 11.6. The van der Waals surface area contributed by atoms with E-state index >= 15 is 0 Å². The molecule has 0 bridgehead atoms. The third-order valence-corrected chi connectivity index (χ3v) is 8.58. The summed E-state index contributed by atoms with van der Waals surface area (Å²) in [4.78, 5) is 23.2. The first-order chi connectivity index (χ1) is 21.1. The van der Waals surface area contributed by atoms with Crippen molar-refractivity contribution in [3.63, 3.8) is 0 Å². The molecule has 1 aliphatic carbocycles. The Labute approximate surface area is 264 Å². The minimum Gasteiger partial charge on any atom is -0.462 e. The van der Waals surface area contributed by atoms with Crippen LogP contribution in [0, 0.1) is 5.92 Å². The fraction of sp³-hybridized carbons (Fsp3) is 0.722. The molecule has 0 radical (unpaired) electrons. The fourth-order valence-electron chi connectivity index (χ4n) is 6.23. The van der Waals surface area contributed by atoms with E-state index in [4.69, 9.17) is 4.74 Å². The number of carbonyl (C=O) groups excluding carboxylic acids is 2. The van der Waals surface area contributed by atoms with E-state index in [0.717, 1.165) is 25.7 Å². The SMILES string of the molecule is CC(=O)OC(CCCCCCCCCCCCc1ccccc1)CC(O)CC(O)CC(O)CC(O)CC1CC(=O)C=CC1O. The fourth-order valence-corrected chi connectivity index (χ4v) is 6.23. The van der Waals surface area contributed by atoms with E-state index in [-0.39, 0.29) is 44.3 Å². The van der Waals surface area contributed by atoms with Crippen LogP contribution in [0.4, 0.5) is 0 Å². The lowest BCUT2D eigenvalue weighted by molar-refractivity contribution is -0.148. The maximum atomic E-state index is 11.6. The lowest BCUT2D eigenvalue weighted by Gasteiger charge is -2.26. The van der Waals surface area contributed by atoms with Gasteiger partial charge in [-0.3, -0.25) is 9.59 Å². The summed E-state index contributed by atoms with van der Waals surface area (Å²) in [5.41, 5.74) is 1.42. The minimum atomic E-state index is -0.997. The normalized spacial score (nSPS) is 20.2. The second kappa shape index (κ2) is 22.4. The Balaban J connectivity index is 1.53. The number of ketones is 1. The van der Waals surface area contributed by atoms with Crippen LogP contribution in [0.3, 0.4) is 0 Å². The Morgan fingerprint density at radius 1 is 0.773 bits per heavy atom. The van der Waals surface area contributed by atoms with Crippen LogP contribution in [0.15, 0.2) is 42.5 Å². The van der Waals surface area contributed by atoms with Crippen molar-refractivity contribution in [2.24, 2.45) is 5.92 Å². The number of benzene rings is 1. The molecule has 0 aromatic heterocycles. The summed E-state index contributed by atoms with van der Waals surface area (Å²) in [6, 6.07) is 10.7. The van der Waals surface area contributed by atoms with Gasteiger partial charge in [-0.2, -0.15) is 0 Å². The molecule has 1 aromatic carbocycles. The highest BCUT2D eigenvalue weighted by atomic mass is 16.5. The molecule has 250 valence electrons. The first-order valence-electron chi connectivity index (χ1n) is 16.9. The van der Waals surface area contributed by atoms with Crippen LogP contribution in [0.5, 0.6) is 0 Å². The van der Waals surface area contributed by atoms with Gasteiger partial charge in [0, 0.05) is 19.8 Å². The summed E-state index contributed by atoms with van der Waals surface area (Å²) in [5, 5.41) is 51.6. The zero-order valence-corrected chi connectivity index (χ0v) is 26.8. The number of aliphatic hydroxyl groups excluding tert-OH is 5. The van der Waals surface area contributed by atoms with Gasteiger partial charge in [-0.15, -0.1) is 0 Å². The Morgan fingerprint density at radius 3 is 1.89 bits per heavy atom. The standard InChI is InChI=1S/C36H58O8/c1-27(37)44-35(18-14-9-7-5-3-2-4-6-8-11-15-28-16-12-10-13-17-28)26-34(42)25-33(41)24-32(40)23-31(39)22-29-21-30(38)19-20-36(29)43/h10,12-13,16-17,19-20,29,31-36,39-43H,2-9,11,14-15,18,21-26H2,1H3. The highest BCUT2D eigenvalue weighted by Gasteiger charge is 2.28. The molecule has 2 rings (SSSR count). The van der Waals surface area contributed by atoms with Crippen LogP contribution in [0.2, 0.25) is 0 Å². The maximum Gasteiger partial charge on any atom is 0.302 e. The molecule has 7 atom stereocenters. The van der Waals surface area contributed by atoms with E-state index < -0.39 is 48.5 Å². The van der Waals surface area contributed by atoms with Crippen LogP contribution in [-0.4, -0.2) is 73.9 Å². The van der Waals surface area contributed by atoms with Crippen LogP contribution in [0.25, 0.3) is 0 Å². The number of aryl methyl sites for hydroxylation is 1. The van der Waals surface area contributed by atoms with E-state index in [2.05, 4.69) is 30.3 Å². The van der Waals surface area contributed by atoms with Crippen molar-refractivity contribution < 1.29 is 39.9 Å². The van der Waals surface area contributed by atoms with Gasteiger partial charge in [0.25, 0.3) is 0 Å². The zero-order valence-electron chi connectivity index (χ0n) is 26.8. The molecule has 0 amide bonds. The average molecular weight is 619 g/mol. The van der Waals surface area contributed by atoms with Crippen molar-refractivity contribution in [1.82, 2.24) is 0 Å². The van der Waals surface area contributed by atoms with E-state index in [1.54, 1.807) is 0 Å². The van der Waals surface area contributed by atoms with Crippen molar-refractivity contribution >= 4 is 11.8 Å². The van der Waals surface area contributed by atoms with E-state index in [9.17, 15) is 35.1 Å². The Bertz CT molecular complexity index is 935. The minimum absolute atomic E-state index is 0.000884. The van der Waals surface area contributed by atoms with Crippen LogP contribution >= 0.6 is 0 Å². The van der Waals surface area contributed by atoms with Crippen molar-refractivity contribution in [2.75, 3.05) is 0 Å². The lowest BCUT2D eigenvalue weighted by Crippen LogP contribution is -2.31. The number of esters is 1. The molecular weight excluding hydrogens is 560 g/mol. The molecule has 0 saturated heterocycles. The van der Waals surface area contributed by atoms with Crippen molar-refractivity contribution in [3.8, 4) is 0 Å². The number of hydrogen-bond donors (Lipinski definition) is 5. The van der Waals surface area contributed by atoms with Crippen LogP contribution in [-0.2, 0) is 20.7 Å².